The van der Waals surface area contributed by atoms with Gasteiger partial charge in [-0.05, 0) is 24.1 Å². The van der Waals surface area contributed by atoms with Crippen molar-refractivity contribution >= 4 is 29.0 Å². The highest BCUT2D eigenvalue weighted by atomic mass is 16.5. The molecule has 156 valence electrons. The van der Waals surface area contributed by atoms with E-state index in [4.69, 9.17) is 4.74 Å². The van der Waals surface area contributed by atoms with E-state index in [1.54, 1.807) is 4.90 Å². The number of hydrogen-bond acceptors (Lipinski definition) is 5. The Balaban J connectivity index is 1.24. The smallest absolute Gasteiger partial charge is 0.407 e. The van der Waals surface area contributed by atoms with Crippen molar-refractivity contribution in [1.29, 1.82) is 0 Å². The summed E-state index contributed by atoms with van der Waals surface area (Å²) in [6.45, 7) is 2.84. The van der Waals surface area contributed by atoms with E-state index in [2.05, 4.69) is 20.2 Å². The number of carbonyl (C=O) groups excluding carboxylic acids is 2. The first-order chi connectivity index (χ1) is 14.7. The van der Waals surface area contributed by atoms with Crippen molar-refractivity contribution in [1.82, 2.24) is 20.2 Å². The molecule has 8 nitrogen and oxygen atoms in total. The SMILES string of the molecule is O=C(NCC(=O)N1CCCN(c2nc3ccccc3[nH]2)CC1)OCc1ccccc1. The number of nitrogens with zero attached hydrogens (tertiary/aromatic N) is 3. The van der Waals surface area contributed by atoms with Crippen LogP contribution in [-0.2, 0) is 16.1 Å². The van der Waals surface area contributed by atoms with Gasteiger partial charge in [0.05, 0.1) is 11.0 Å². The van der Waals surface area contributed by atoms with Crippen molar-refractivity contribution in [3.63, 3.8) is 0 Å². The van der Waals surface area contributed by atoms with Crippen molar-refractivity contribution in [3.05, 3.63) is 60.2 Å². The average Bonchev–Trinajstić information content (AvgIpc) is 3.06. The number of imidazole rings is 1. The van der Waals surface area contributed by atoms with Gasteiger partial charge >= 0.3 is 6.09 Å². The molecule has 8 heteroatoms. The van der Waals surface area contributed by atoms with Gasteiger partial charge in [0.1, 0.15) is 13.2 Å². The number of aromatic amines is 1. The topological polar surface area (TPSA) is 90.6 Å². The first kappa shape index (κ1) is 19.8. The second kappa shape index (κ2) is 9.30. The van der Waals surface area contributed by atoms with Crippen LogP contribution in [0.25, 0.3) is 11.0 Å². The lowest BCUT2D eigenvalue weighted by molar-refractivity contribution is -0.129. The molecule has 0 spiro atoms. The zero-order valence-electron chi connectivity index (χ0n) is 16.7. The highest BCUT2D eigenvalue weighted by Gasteiger charge is 2.21. The van der Waals surface area contributed by atoms with Gasteiger partial charge < -0.3 is 24.8 Å². The summed E-state index contributed by atoms with van der Waals surface area (Å²) in [4.78, 5) is 36.3. The summed E-state index contributed by atoms with van der Waals surface area (Å²) in [7, 11) is 0. The number of fused-ring (bicyclic) bond motifs is 1. The number of rotatable bonds is 5. The maximum absolute atomic E-state index is 12.5. The predicted octanol–water partition coefficient (Wildman–Crippen LogP) is 2.53. The molecule has 1 fully saturated rings. The normalized spacial score (nSPS) is 14.4. The minimum atomic E-state index is -0.592. The Bertz CT molecular complexity index is 971. The van der Waals surface area contributed by atoms with Crippen LogP contribution in [0.3, 0.4) is 0 Å². The van der Waals surface area contributed by atoms with Crippen molar-refractivity contribution in [2.24, 2.45) is 0 Å². The zero-order chi connectivity index (χ0) is 20.8. The van der Waals surface area contributed by atoms with Gasteiger partial charge in [0.15, 0.2) is 0 Å². The first-order valence-electron chi connectivity index (χ1n) is 10.1. The summed E-state index contributed by atoms with van der Waals surface area (Å²) >= 11 is 0. The Labute approximate surface area is 174 Å². The first-order valence-corrected chi connectivity index (χ1v) is 10.1. The fourth-order valence-corrected chi connectivity index (χ4v) is 3.50. The van der Waals surface area contributed by atoms with E-state index in [1.165, 1.54) is 0 Å². The quantitative estimate of drug-likeness (QED) is 0.678. The third-order valence-electron chi connectivity index (χ3n) is 5.12. The van der Waals surface area contributed by atoms with E-state index in [0.29, 0.717) is 19.6 Å². The van der Waals surface area contributed by atoms with Crippen LogP contribution in [0.5, 0.6) is 0 Å². The number of hydrogen-bond donors (Lipinski definition) is 2. The molecule has 0 aliphatic carbocycles. The van der Waals surface area contributed by atoms with Crippen LogP contribution in [0.15, 0.2) is 54.6 Å². The fraction of sp³-hybridized carbons (Fsp3) is 0.318. The van der Waals surface area contributed by atoms with Crippen LogP contribution >= 0.6 is 0 Å². The van der Waals surface area contributed by atoms with Crippen molar-refractivity contribution < 1.29 is 14.3 Å². The number of para-hydroxylation sites is 2. The Morgan fingerprint density at radius 1 is 1.00 bits per heavy atom. The minimum absolute atomic E-state index is 0.0712. The van der Waals surface area contributed by atoms with Crippen molar-refractivity contribution in [2.45, 2.75) is 13.0 Å². The highest BCUT2D eigenvalue weighted by Crippen LogP contribution is 2.18. The van der Waals surface area contributed by atoms with Crippen LogP contribution in [-0.4, -0.2) is 59.6 Å². The number of anilines is 1. The van der Waals surface area contributed by atoms with Crippen molar-refractivity contribution in [3.8, 4) is 0 Å². The van der Waals surface area contributed by atoms with Crippen molar-refractivity contribution in [2.75, 3.05) is 37.6 Å². The lowest BCUT2D eigenvalue weighted by atomic mass is 10.2. The molecule has 0 atom stereocenters. The number of alkyl carbamates (subject to hydrolysis) is 1. The van der Waals surface area contributed by atoms with Crippen LogP contribution < -0.4 is 10.2 Å². The minimum Gasteiger partial charge on any atom is -0.445 e. The van der Waals surface area contributed by atoms with Crippen LogP contribution in [0, 0.1) is 0 Å². The number of aromatic nitrogens is 2. The molecule has 30 heavy (non-hydrogen) atoms. The van der Waals surface area contributed by atoms with Gasteiger partial charge in [-0.25, -0.2) is 9.78 Å². The van der Waals surface area contributed by atoms with E-state index in [0.717, 1.165) is 35.5 Å². The van der Waals surface area contributed by atoms with Crippen LogP contribution in [0.2, 0.25) is 0 Å². The summed E-state index contributed by atoms with van der Waals surface area (Å²) in [6, 6.07) is 17.3. The molecule has 1 aliphatic heterocycles. The third kappa shape index (κ3) is 4.89. The van der Waals surface area contributed by atoms with Gasteiger partial charge in [-0.1, -0.05) is 42.5 Å². The molecular weight excluding hydrogens is 382 g/mol. The largest absolute Gasteiger partial charge is 0.445 e. The predicted molar refractivity (Wildman–Crippen MR) is 114 cm³/mol. The Kier molecular flexibility index (Phi) is 6.12. The fourth-order valence-electron chi connectivity index (χ4n) is 3.50. The molecule has 4 rings (SSSR count). The molecule has 0 saturated carbocycles. The van der Waals surface area contributed by atoms with Gasteiger partial charge in [-0.15, -0.1) is 0 Å². The van der Waals surface area contributed by atoms with E-state index < -0.39 is 6.09 Å². The molecule has 3 aromatic rings. The van der Waals surface area contributed by atoms with Crippen LogP contribution in [0.4, 0.5) is 10.7 Å². The molecule has 2 N–H and O–H groups in total. The number of H-pyrrole nitrogens is 1. The lowest BCUT2D eigenvalue weighted by Crippen LogP contribution is -2.42. The van der Waals surface area contributed by atoms with Gasteiger partial charge in [0.25, 0.3) is 0 Å². The summed E-state index contributed by atoms with van der Waals surface area (Å²) in [6.07, 6.45) is 0.243. The molecule has 1 saturated heterocycles. The molecule has 0 bridgehead atoms. The molecule has 1 aromatic heterocycles. The van der Waals surface area contributed by atoms with Gasteiger partial charge in [0.2, 0.25) is 11.9 Å². The third-order valence-corrected chi connectivity index (χ3v) is 5.12. The monoisotopic (exact) mass is 407 g/mol. The second-order valence-corrected chi connectivity index (χ2v) is 7.21. The molecular formula is C22H25N5O3. The summed E-state index contributed by atoms with van der Waals surface area (Å²) < 4.78 is 5.15. The summed E-state index contributed by atoms with van der Waals surface area (Å²) in [5, 5.41) is 2.55. The summed E-state index contributed by atoms with van der Waals surface area (Å²) in [5.41, 5.74) is 2.84. The van der Waals surface area contributed by atoms with Gasteiger partial charge in [0, 0.05) is 26.2 Å². The number of nitrogens with one attached hydrogen (secondary N) is 2. The molecule has 2 aromatic carbocycles. The van der Waals surface area contributed by atoms with Gasteiger partial charge in [-0.3, -0.25) is 4.79 Å². The molecule has 0 unspecified atom stereocenters. The second-order valence-electron chi connectivity index (χ2n) is 7.21. The van der Waals surface area contributed by atoms with Gasteiger partial charge in [-0.2, -0.15) is 0 Å². The molecule has 2 amide bonds. The number of ether oxygens (including phenoxy) is 1. The Hall–Kier alpha value is -3.55. The molecule has 2 heterocycles. The van der Waals surface area contributed by atoms with E-state index in [1.807, 2.05) is 54.6 Å². The number of carbonyl (C=O) groups is 2. The Morgan fingerprint density at radius 2 is 1.80 bits per heavy atom. The van der Waals surface area contributed by atoms with E-state index in [-0.39, 0.29) is 19.1 Å². The standard InChI is InChI=1S/C22H25N5O3/c28-20(15-23-22(29)30-16-17-7-2-1-3-8-17)26-11-6-12-27(14-13-26)21-24-18-9-4-5-10-19(18)25-21/h1-5,7-10H,6,11-16H2,(H,23,29)(H,24,25). The highest BCUT2D eigenvalue weighted by molar-refractivity contribution is 5.82. The Morgan fingerprint density at radius 3 is 2.63 bits per heavy atom. The average molecular weight is 407 g/mol. The maximum Gasteiger partial charge on any atom is 0.407 e. The zero-order valence-corrected chi connectivity index (χ0v) is 16.7. The van der Waals surface area contributed by atoms with Crippen LogP contribution in [0.1, 0.15) is 12.0 Å². The van der Waals surface area contributed by atoms with E-state index in [9.17, 15) is 9.59 Å². The maximum atomic E-state index is 12.5. The lowest BCUT2D eigenvalue weighted by Gasteiger charge is -2.21. The molecule has 1 aliphatic rings. The summed E-state index contributed by atoms with van der Waals surface area (Å²) in [5.74, 6) is 0.714. The molecule has 0 radical (unpaired) electrons. The number of benzene rings is 2. The number of amides is 2. The van der Waals surface area contributed by atoms with E-state index >= 15 is 0 Å².